The number of aldehydes is 1. The molecule has 0 unspecified atom stereocenters. The molecule has 0 saturated heterocycles. The van der Waals surface area contributed by atoms with Crippen LogP contribution in [0.3, 0.4) is 0 Å². The molecule has 0 aliphatic carbocycles. The summed E-state index contributed by atoms with van der Waals surface area (Å²) in [7, 11) is 0. The average molecular weight is 291 g/mol. The molecule has 3 aromatic rings. The molecule has 0 aromatic heterocycles. The third kappa shape index (κ3) is 3.04. The number of anilines is 2. The fourth-order valence-electron chi connectivity index (χ4n) is 2.27. The topological polar surface area (TPSA) is 29.1 Å². The van der Waals surface area contributed by atoms with Crippen LogP contribution < -0.4 is 5.32 Å². The van der Waals surface area contributed by atoms with Crippen LogP contribution in [0, 0.1) is 5.82 Å². The van der Waals surface area contributed by atoms with Crippen molar-refractivity contribution in [3.63, 3.8) is 0 Å². The van der Waals surface area contributed by atoms with E-state index in [-0.39, 0.29) is 5.82 Å². The summed E-state index contributed by atoms with van der Waals surface area (Å²) in [6.45, 7) is 0. The highest BCUT2D eigenvalue weighted by Crippen LogP contribution is 2.27. The van der Waals surface area contributed by atoms with Crippen LogP contribution >= 0.6 is 0 Å². The van der Waals surface area contributed by atoms with Gasteiger partial charge < -0.3 is 5.32 Å². The highest BCUT2D eigenvalue weighted by molar-refractivity contribution is 5.88. The monoisotopic (exact) mass is 291 g/mol. The molecule has 0 spiro atoms. The number of rotatable bonds is 4. The smallest absolute Gasteiger partial charge is 0.152 e. The highest BCUT2D eigenvalue weighted by Gasteiger charge is 2.05. The molecule has 108 valence electrons. The van der Waals surface area contributed by atoms with Crippen LogP contribution in [0.1, 0.15) is 10.4 Å². The Morgan fingerprint density at radius 3 is 2.23 bits per heavy atom. The second kappa shape index (κ2) is 6.22. The molecule has 0 fully saturated rings. The Kier molecular flexibility index (Phi) is 3.97. The number of carbonyl (C=O) groups is 1. The SMILES string of the molecule is O=Cc1ccc(-c2ccccc2)cc1Nc1ccc(F)cc1. The lowest BCUT2D eigenvalue weighted by atomic mass is 10.0. The normalized spacial score (nSPS) is 10.2. The van der Waals surface area contributed by atoms with Crippen LogP contribution in [0.15, 0.2) is 72.8 Å². The molecule has 3 heteroatoms. The number of nitrogens with one attached hydrogen (secondary N) is 1. The average Bonchev–Trinajstić information content (AvgIpc) is 2.58. The first-order chi connectivity index (χ1) is 10.8. The fourth-order valence-corrected chi connectivity index (χ4v) is 2.27. The Morgan fingerprint density at radius 1 is 0.818 bits per heavy atom. The number of hydrogen-bond donors (Lipinski definition) is 1. The van der Waals surface area contributed by atoms with Gasteiger partial charge in [0.2, 0.25) is 0 Å². The lowest BCUT2D eigenvalue weighted by Crippen LogP contribution is -1.96. The van der Waals surface area contributed by atoms with Gasteiger partial charge in [0.15, 0.2) is 6.29 Å². The second-order valence-electron chi connectivity index (χ2n) is 4.92. The van der Waals surface area contributed by atoms with Crippen LogP contribution in [0.25, 0.3) is 11.1 Å². The Labute approximate surface area is 128 Å². The second-order valence-corrected chi connectivity index (χ2v) is 4.92. The van der Waals surface area contributed by atoms with Crippen LogP contribution in [-0.4, -0.2) is 6.29 Å². The molecule has 2 nitrogen and oxygen atoms in total. The van der Waals surface area contributed by atoms with Crippen molar-refractivity contribution in [1.29, 1.82) is 0 Å². The Bertz CT molecular complexity index is 782. The zero-order valence-electron chi connectivity index (χ0n) is 11.8. The van der Waals surface area contributed by atoms with Crippen molar-refractivity contribution in [2.75, 3.05) is 5.32 Å². The van der Waals surface area contributed by atoms with Gasteiger partial charge in [-0.25, -0.2) is 4.39 Å². The Hall–Kier alpha value is -2.94. The predicted octanol–water partition coefficient (Wildman–Crippen LogP) is 5.05. The molecule has 22 heavy (non-hydrogen) atoms. The first-order valence-electron chi connectivity index (χ1n) is 6.93. The van der Waals surface area contributed by atoms with Crippen LogP contribution in [0.4, 0.5) is 15.8 Å². The van der Waals surface area contributed by atoms with Gasteiger partial charge >= 0.3 is 0 Å². The summed E-state index contributed by atoms with van der Waals surface area (Å²) in [4.78, 5) is 11.2. The maximum Gasteiger partial charge on any atom is 0.152 e. The summed E-state index contributed by atoms with van der Waals surface area (Å²) < 4.78 is 13.0. The van der Waals surface area contributed by atoms with E-state index < -0.39 is 0 Å². The summed E-state index contributed by atoms with van der Waals surface area (Å²) in [6.07, 6.45) is 0.806. The molecule has 0 amide bonds. The summed E-state index contributed by atoms with van der Waals surface area (Å²) in [5, 5.41) is 3.16. The van der Waals surface area contributed by atoms with Crippen LogP contribution in [-0.2, 0) is 0 Å². The molecule has 0 saturated carbocycles. The van der Waals surface area contributed by atoms with Crippen molar-refractivity contribution in [2.45, 2.75) is 0 Å². The molecule has 0 radical (unpaired) electrons. The minimum atomic E-state index is -0.292. The van der Waals surface area contributed by atoms with Crippen molar-refractivity contribution in [2.24, 2.45) is 0 Å². The van der Waals surface area contributed by atoms with E-state index in [2.05, 4.69) is 5.32 Å². The van der Waals surface area contributed by atoms with Gasteiger partial charge in [0.05, 0.1) is 0 Å². The van der Waals surface area contributed by atoms with E-state index in [4.69, 9.17) is 0 Å². The molecule has 1 N–H and O–H groups in total. The predicted molar refractivity (Wildman–Crippen MR) is 86.9 cm³/mol. The maximum absolute atomic E-state index is 13.0. The first-order valence-corrected chi connectivity index (χ1v) is 6.93. The van der Waals surface area contributed by atoms with Crippen molar-refractivity contribution in [3.8, 4) is 11.1 Å². The van der Waals surface area contributed by atoms with Crippen molar-refractivity contribution >= 4 is 17.7 Å². The number of hydrogen-bond acceptors (Lipinski definition) is 2. The van der Waals surface area contributed by atoms with E-state index in [0.29, 0.717) is 11.3 Å². The zero-order chi connectivity index (χ0) is 15.4. The van der Waals surface area contributed by atoms with Gasteiger partial charge in [-0.3, -0.25) is 4.79 Å². The van der Waals surface area contributed by atoms with Crippen LogP contribution in [0.2, 0.25) is 0 Å². The standard InChI is InChI=1S/C19H14FNO/c20-17-8-10-18(11-9-17)21-19-12-15(6-7-16(19)13-22)14-4-2-1-3-5-14/h1-13,21H. The van der Waals surface area contributed by atoms with Gasteiger partial charge in [0.25, 0.3) is 0 Å². The van der Waals surface area contributed by atoms with E-state index >= 15 is 0 Å². The minimum Gasteiger partial charge on any atom is -0.355 e. The van der Waals surface area contributed by atoms with Crippen molar-refractivity contribution in [3.05, 3.63) is 84.2 Å². The Balaban J connectivity index is 1.98. The molecule has 3 rings (SSSR count). The zero-order valence-corrected chi connectivity index (χ0v) is 11.8. The minimum absolute atomic E-state index is 0.292. The highest BCUT2D eigenvalue weighted by atomic mass is 19.1. The summed E-state index contributed by atoms with van der Waals surface area (Å²) >= 11 is 0. The molecule has 0 atom stereocenters. The van der Waals surface area contributed by atoms with Crippen LogP contribution in [0.5, 0.6) is 0 Å². The maximum atomic E-state index is 13.0. The van der Waals surface area contributed by atoms with E-state index in [1.165, 1.54) is 12.1 Å². The first kappa shape index (κ1) is 14.0. The van der Waals surface area contributed by atoms with Gasteiger partial charge in [-0.05, 0) is 47.5 Å². The molecular weight excluding hydrogens is 277 g/mol. The molecule has 3 aromatic carbocycles. The van der Waals surface area contributed by atoms with Gasteiger partial charge in [-0.15, -0.1) is 0 Å². The molecular formula is C19H14FNO. The fraction of sp³-hybridized carbons (Fsp3) is 0. The van der Waals surface area contributed by atoms with E-state index in [1.54, 1.807) is 18.2 Å². The summed E-state index contributed by atoms with van der Waals surface area (Å²) in [5.41, 5.74) is 4.07. The third-order valence-electron chi connectivity index (χ3n) is 3.41. The van der Waals surface area contributed by atoms with E-state index in [9.17, 15) is 9.18 Å². The van der Waals surface area contributed by atoms with Gasteiger partial charge in [0.1, 0.15) is 5.82 Å². The Morgan fingerprint density at radius 2 is 1.55 bits per heavy atom. The van der Waals surface area contributed by atoms with Gasteiger partial charge in [-0.2, -0.15) is 0 Å². The third-order valence-corrected chi connectivity index (χ3v) is 3.41. The quantitative estimate of drug-likeness (QED) is 0.682. The largest absolute Gasteiger partial charge is 0.355 e. The summed E-state index contributed by atoms with van der Waals surface area (Å²) in [5.74, 6) is -0.292. The number of carbonyl (C=O) groups excluding carboxylic acids is 1. The lowest BCUT2D eigenvalue weighted by Gasteiger charge is -2.11. The van der Waals surface area contributed by atoms with Gasteiger partial charge in [0, 0.05) is 16.9 Å². The number of halogens is 1. The van der Waals surface area contributed by atoms with Crippen molar-refractivity contribution < 1.29 is 9.18 Å². The molecule has 0 aliphatic heterocycles. The molecule has 0 heterocycles. The van der Waals surface area contributed by atoms with E-state index in [1.807, 2.05) is 42.5 Å². The van der Waals surface area contributed by atoms with Crippen molar-refractivity contribution in [1.82, 2.24) is 0 Å². The molecule has 0 bridgehead atoms. The van der Waals surface area contributed by atoms with E-state index in [0.717, 1.165) is 23.1 Å². The summed E-state index contributed by atoms with van der Waals surface area (Å²) in [6, 6.07) is 21.6. The number of benzene rings is 3. The lowest BCUT2D eigenvalue weighted by molar-refractivity contribution is 0.112. The molecule has 0 aliphatic rings. The van der Waals surface area contributed by atoms with Gasteiger partial charge in [-0.1, -0.05) is 36.4 Å².